The molecule has 0 amide bonds. The highest BCUT2D eigenvalue weighted by Gasteiger charge is 2.25. The van der Waals surface area contributed by atoms with Gasteiger partial charge in [0, 0.05) is 11.1 Å². The molecule has 1 aliphatic carbocycles. The summed E-state index contributed by atoms with van der Waals surface area (Å²) in [5.41, 5.74) is 3.47. The molecule has 0 spiro atoms. The second kappa shape index (κ2) is 11.5. The van der Waals surface area contributed by atoms with Crippen LogP contribution < -0.4 is 10.6 Å². The summed E-state index contributed by atoms with van der Waals surface area (Å²) in [7, 11) is 0. The highest BCUT2D eigenvalue weighted by molar-refractivity contribution is 7.80. The first-order valence-corrected chi connectivity index (χ1v) is 13.3. The van der Waals surface area contributed by atoms with Crippen molar-refractivity contribution < 1.29 is 9.53 Å². The van der Waals surface area contributed by atoms with E-state index in [9.17, 15) is 4.79 Å². The number of carbonyl (C=O) groups excluding carboxylic acids is 1. The van der Waals surface area contributed by atoms with Crippen LogP contribution in [0.1, 0.15) is 59.0 Å². The van der Waals surface area contributed by atoms with Gasteiger partial charge < -0.3 is 15.4 Å². The van der Waals surface area contributed by atoms with Crippen molar-refractivity contribution in [2.45, 2.75) is 52.0 Å². The number of hydrogen-bond donors (Lipinski definition) is 2. The average Bonchev–Trinajstić information content (AvgIpc) is 3.34. The van der Waals surface area contributed by atoms with Crippen molar-refractivity contribution in [2.24, 2.45) is 0 Å². The molecule has 2 N–H and O–H groups in total. The minimum absolute atomic E-state index is 0.291. The van der Waals surface area contributed by atoms with Crippen LogP contribution in [-0.4, -0.2) is 27.5 Å². The SMILES string of the molecule is CCOC(=O)c1c(NC(=S)Nc2cnn(Cc3ccc(Cl)c(Cl)c3)c2)sc2c1CCCCCC2. The largest absolute Gasteiger partial charge is 0.462 e. The van der Waals surface area contributed by atoms with Crippen LogP contribution in [-0.2, 0) is 24.1 Å². The maximum absolute atomic E-state index is 12.8. The summed E-state index contributed by atoms with van der Waals surface area (Å²) < 4.78 is 7.16. The lowest BCUT2D eigenvalue weighted by Gasteiger charge is -2.12. The molecule has 1 aliphatic rings. The van der Waals surface area contributed by atoms with Crippen molar-refractivity contribution >= 4 is 68.5 Å². The van der Waals surface area contributed by atoms with E-state index in [-0.39, 0.29) is 5.97 Å². The molecule has 0 fully saturated rings. The molecule has 0 saturated carbocycles. The zero-order chi connectivity index (χ0) is 24.1. The van der Waals surface area contributed by atoms with Crippen LogP contribution in [0.15, 0.2) is 30.6 Å². The molecule has 0 radical (unpaired) electrons. The van der Waals surface area contributed by atoms with Gasteiger partial charge in [0.15, 0.2) is 5.11 Å². The highest BCUT2D eigenvalue weighted by atomic mass is 35.5. The van der Waals surface area contributed by atoms with Gasteiger partial charge in [-0.3, -0.25) is 4.68 Å². The van der Waals surface area contributed by atoms with Crippen molar-refractivity contribution in [3.05, 3.63) is 62.2 Å². The van der Waals surface area contributed by atoms with E-state index in [1.54, 1.807) is 28.3 Å². The van der Waals surface area contributed by atoms with Gasteiger partial charge in [-0.05, 0) is 68.1 Å². The third-order valence-electron chi connectivity index (χ3n) is 5.60. The number of nitrogens with one attached hydrogen (secondary N) is 2. The Bertz CT molecular complexity index is 1190. The van der Waals surface area contributed by atoms with E-state index in [0.29, 0.717) is 33.9 Å². The number of nitrogens with zero attached hydrogens (tertiary/aromatic N) is 2. The number of aryl methyl sites for hydroxylation is 1. The quantitative estimate of drug-likeness (QED) is 0.262. The van der Waals surface area contributed by atoms with Crippen LogP contribution in [0.25, 0.3) is 0 Å². The molecule has 0 saturated heterocycles. The molecule has 0 unspecified atom stereocenters. The summed E-state index contributed by atoms with van der Waals surface area (Å²) in [6, 6.07) is 5.51. The van der Waals surface area contributed by atoms with Crippen LogP contribution >= 0.6 is 46.8 Å². The molecule has 3 aromatic rings. The normalized spacial score (nSPS) is 13.5. The number of ether oxygens (including phenoxy) is 1. The lowest BCUT2D eigenvalue weighted by molar-refractivity contribution is 0.0526. The van der Waals surface area contributed by atoms with Gasteiger partial charge in [-0.15, -0.1) is 11.3 Å². The fraction of sp³-hybridized carbons (Fsp3) is 0.375. The van der Waals surface area contributed by atoms with Gasteiger partial charge in [0.2, 0.25) is 0 Å². The third kappa shape index (κ3) is 6.10. The Hall–Kier alpha value is -2.13. The van der Waals surface area contributed by atoms with Gasteiger partial charge in [0.05, 0.1) is 40.6 Å². The summed E-state index contributed by atoms with van der Waals surface area (Å²) in [6.07, 6.45) is 10.1. The van der Waals surface area contributed by atoms with Gasteiger partial charge >= 0.3 is 5.97 Å². The van der Waals surface area contributed by atoms with Gasteiger partial charge in [-0.1, -0.05) is 42.1 Å². The molecule has 4 rings (SSSR count). The molecule has 180 valence electrons. The molecule has 6 nitrogen and oxygen atoms in total. The number of carbonyl (C=O) groups is 1. The first-order valence-electron chi connectivity index (χ1n) is 11.3. The predicted octanol–water partition coefficient (Wildman–Crippen LogP) is 6.94. The molecule has 10 heteroatoms. The van der Waals surface area contributed by atoms with Gasteiger partial charge in [-0.25, -0.2) is 4.79 Å². The fourth-order valence-corrected chi connectivity index (χ4v) is 5.92. The zero-order valence-corrected chi connectivity index (χ0v) is 22.0. The second-order valence-corrected chi connectivity index (χ2v) is 10.4. The van der Waals surface area contributed by atoms with E-state index in [1.807, 2.05) is 25.3 Å². The number of thiophene rings is 1. The maximum atomic E-state index is 12.8. The van der Waals surface area contributed by atoms with Crippen LogP contribution in [0.3, 0.4) is 0 Å². The summed E-state index contributed by atoms with van der Waals surface area (Å²) in [6.45, 7) is 2.70. The average molecular weight is 538 g/mol. The number of benzene rings is 1. The van der Waals surface area contributed by atoms with Gasteiger partial charge in [-0.2, -0.15) is 5.10 Å². The number of anilines is 2. The Morgan fingerprint density at radius 2 is 1.97 bits per heavy atom. The number of aromatic nitrogens is 2. The van der Waals surface area contributed by atoms with E-state index < -0.39 is 0 Å². The molecule has 34 heavy (non-hydrogen) atoms. The zero-order valence-electron chi connectivity index (χ0n) is 18.8. The molecule has 2 aromatic heterocycles. The van der Waals surface area contributed by atoms with Gasteiger partial charge in [0.1, 0.15) is 5.00 Å². The van der Waals surface area contributed by atoms with Crippen molar-refractivity contribution in [2.75, 3.05) is 17.2 Å². The first kappa shape index (κ1) is 25.0. The maximum Gasteiger partial charge on any atom is 0.341 e. The number of rotatable bonds is 6. The Labute approximate surface area is 218 Å². The Morgan fingerprint density at radius 3 is 2.74 bits per heavy atom. The molecule has 1 aromatic carbocycles. The van der Waals surface area contributed by atoms with Crippen molar-refractivity contribution in [1.29, 1.82) is 0 Å². The lowest BCUT2D eigenvalue weighted by atomic mass is 9.96. The standard InChI is InChI=1S/C24H26Cl2N4O2S2/c1-2-32-23(31)21-17-7-5-3-4-6-8-20(17)34-22(21)29-24(33)28-16-12-27-30(14-16)13-15-9-10-18(25)19(26)11-15/h9-12,14H,2-8,13H2,1H3,(H2,28,29,33). The number of fused-ring (bicyclic) bond motifs is 1. The van der Waals surface area contributed by atoms with E-state index in [4.69, 9.17) is 40.2 Å². The van der Waals surface area contributed by atoms with Crippen molar-refractivity contribution in [3.8, 4) is 0 Å². The molecule has 0 atom stereocenters. The predicted molar refractivity (Wildman–Crippen MR) is 144 cm³/mol. The van der Waals surface area contributed by atoms with Crippen LogP contribution in [0.2, 0.25) is 10.0 Å². The topological polar surface area (TPSA) is 68.2 Å². The molecule has 0 aliphatic heterocycles. The first-order chi connectivity index (χ1) is 16.4. The number of esters is 1. The minimum Gasteiger partial charge on any atom is -0.462 e. The van der Waals surface area contributed by atoms with E-state index >= 15 is 0 Å². The summed E-state index contributed by atoms with van der Waals surface area (Å²) in [5, 5.41) is 13.0. The minimum atomic E-state index is -0.291. The highest BCUT2D eigenvalue weighted by Crippen LogP contribution is 2.37. The van der Waals surface area contributed by atoms with Crippen molar-refractivity contribution in [3.63, 3.8) is 0 Å². The summed E-state index contributed by atoms with van der Waals surface area (Å²) in [5.74, 6) is -0.291. The molecule has 2 heterocycles. The van der Waals surface area contributed by atoms with Gasteiger partial charge in [0.25, 0.3) is 0 Å². The van der Waals surface area contributed by atoms with Crippen LogP contribution in [0.5, 0.6) is 0 Å². The molecule has 0 bridgehead atoms. The fourth-order valence-electron chi connectivity index (χ4n) is 4.03. The van der Waals surface area contributed by atoms with E-state index in [0.717, 1.165) is 47.5 Å². The number of thiocarbonyl (C=S) groups is 1. The second-order valence-electron chi connectivity index (χ2n) is 8.10. The Morgan fingerprint density at radius 1 is 1.18 bits per heavy atom. The Kier molecular flexibility index (Phi) is 8.47. The summed E-state index contributed by atoms with van der Waals surface area (Å²) in [4.78, 5) is 14.1. The van der Waals surface area contributed by atoms with E-state index in [2.05, 4.69) is 15.7 Å². The Balaban J connectivity index is 1.47. The third-order valence-corrected chi connectivity index (χ3v) is 7.75. The number of halogens is 2. The van der Waals surface area contributed by atoms with E-state index in [1.165, 1.54) is 17.7 Å². The monoisotopic (exact) mass is 536 g/mol. The molecular formula is C24H26Cl2N4O2S2. The van der Waals surface area contributed by atoms with Crippen LogP contribution in [0.4, 0.5) is 10.7 Å². The number of hydrogen-bond acceptors (Lipinski definition) is 5. The molecular weight excluding hydrogens is 511 g/mol. The van der Waals surface area contributed by atoms with Crippen molar-refractivity contribution in [1.82, 2.24) is 9.78 Å². The summed E-state index contributed by atoms with van der Waals surface area (Å²) >= 11 is 19.3. The van der Waals surface area contributed by atoms with Crippen LogP contribution in [0, 0.1) is 0 Å². The lowest BCUT2D eigenvalue weighted by Crippen LogP contribution is -2.20. The smallest absolute Gasteiger partial charge is 0.341 e.